The van der Waals surface area contributed by atoms with Crippen LogP contribution in [0.5, 0.6) is 0 Å². The van der Waals surface area contributed by atoms with Gasteiger partial charge in [-0.2, -0.15) is 0 Å². The van der Waals surface area contributed by atoms with Gasteiger partial charge in [-0.15, -0.1) is 0 Å². The Morgan fingerprint density at radius 1 is 1.56 bits per heavy atom. The molecule has 0 amide bonds. The van der Waals surface area contributed by atoms with Crippen LogP contribution in [0.3, 0.4) is 0 Å². The SMILES string of the molecule is Nc1ccc(C(=O)OCC(O)CO)cc1Cl. The van der Waals surface area contributed by atoms with Crippen molar-refractivity contribution in [2.24, 2.45) is 0 Å². The van der Waals surface area contributed by atoms with Crippen molar-refractivity contribution < 1.29 is 19.7 Å². The first-order chi connectivity index (χ1) is 7.54. The third kappa shape index (κ3) is 3.37. The maximum absolute atomic E-state index is 11.4. The van der Waals surface area contributed by atoms with E-state index >= 15 is 0 Å². The normalized spacial score (nSPS) is 12.2. The molecule has 1 aromatic rings. The fourth-order valence-electron chi connectivity index (χ4n) is 0.962. The largest absolute Gasteiger partial charge is 0.459 e. The van der Waals surface area contributed by atoms with Crippen LogP contribution in [0, 0.1) is 0 Å². The molecular weight excluding hydrogens is 234 g/mol. The number of nitrogen functional groups attached to an aromatic ring is 1. The zero-order valence-corrected chi connectivity index (χ0v) is 9.15. The molecule has 0 heterocycles. The summed E-state index contributed by atoms with van der Waals surface area (Å²) in [6.45, 7) is -0.729. The van der Waals surface area contributed by atoms with E-state index in [0.29, 0.717) is 5.69 Å². The van der Waals surface area contributed by atoms with Crippen molar-refractivity contribution in [3.8, 4) is 0 Å². The maximum atomic E-state index is 11.4. The smallest absolute Gasteiger partial charge is 0.338 e. The number of benzene rings is 1. The molecular formula is C10H12ClNO4. The lowest BCUT2D eigenvalue weighted by Crippen LogP contribution is -2.21. The van der Waals surface area contributed by atoms with Gasteiger partial charge < -0.3 is 20.7 Å². The number of carbonyl (C=O) groups is 1. The Morgan fingerprint density at radius 3 is 2.81 bits per heavy atom. The summed E-state index contributed by atoms with van der Waals surface area (Å²) in [6, 6.07) is 4.33. The van der Waals surface area contributed by atoms with Gasteiger partial charge in [0.15, 0.2) is 0 Å². The van der Waals surface area contributed by atoms with E-state index in [2.05, 4.69) is 0 Å². The van der Waals surface area contributed by atoms with Crippen molar-refractivity contribution in [1.82, 2.24) is 0 Å². The fraction of sp³-hybridized carbons (Fsp3) is 0.300. The maximum Gasteiger partial charge on any atom is 0.338 e. The van der Waals surface area contributed by atoms with E-state index < -0.39 is 18.7 Å². The van der Waals surface area contributed by atoms with Gasteiger partial charge in [0.1, 0.15) is 12.7 Å². The molecule has 0 aromatic heterocycles. The van der Waals surface area contributed by atoms with Gasteiger partial charge in [0.25, 0.3) is 0 Å². The summed E-state index contributed by atoms with van der Waals surface area (Å²) in [7, 11) is 0. The number of halogens is 1. The highest BCUT2D eigenvalue weighted by Crippen LogP contribution is 2.20. The van der Waals surface area contributed by atoms with Crippen molar-refractivity contribution >= 4 is 23.3 Å². The van der Waals surface area contributed by atoms with Gasteiger partial charge in [-0.05, 0) is 18.2 Å². The van der Waals surface area contributed by atoms with Crippen LogP contribution in [0.25, 0.3) is 0 Å². The Hall–Kier alpha value is -1.30. The van der Waals surface area contributed by atoms with Crippen LogP contribution in [-0.2, 0) is 4.74 Å². The third-order valence-corrected chi connectivity index (χ3v) is 2.18. The summed E-state index contributed by atoms with van der Waals surface area (Å²) in [6.07, 6.45) is -1.08. The first-order valence-corrected chi connectivity index (χ1v) is 4.93. The van der Waals surface area contributed by atoms with Crippen molar-refractivity contribution in [2.45, 2.75) is 6.10 Å². The van der Waals surface area contributed by atoms with E-state index in [1.165, 1.54) is 18.2 Å². The molecule has 1 unspecified atom stereocenters. The van der Waals surface area contributed by atoms with Crippen LogP contribution in [0.4, 0.5) is 5.69 Å². The molecule has 0 saturated heterocycles. The second-order valence-electron chi connectivity index (χ2n) is 3.17. The summed E-state index contributed by atoms with van der Waals surface area (Å²) in [4.78, 5) is 11.4. The molecule has 0 spiro atoms. The number of aliphatic hydroxyl groups excluding tert-OH is 2. The van der Waals surface area contributed by atoms with Gasteiger partial charge >= 0.3 is 5.97 Å². The van der Waals surface area contributed by atoms with Gasteiger partial charge in [-0.1, -0.05) is 11.6 Å². The summed E-state index contributed by atoms with van der Waals surface area (Å²) >= 11 is 5.73. The van der Waals surface area contributed by atoms with E-state index in [-0.39, 0.29) is 17.2 Å². The molecule has 0 radical (unpaired) electrons. The number of hydrogen-bond acceptors (Lipinski definition) is 5. The quantitative estimate of drug-likeness (QED) is 0.529. The van der Waals surface area contributed by atoms with Crippen molar-refractivity contribution in [1.29, 1.82) is 0 Å². The van der Waals surface area contributed by atoms with E-state index in [4.69, 9.17) is 32.3 Å². The number of nitrogens with two attached hydrogens (primary N) is 1. The monoisotopic (exact) mass is 245 g/mol. The molecule has 0 fully saturated rings. The lowest BCUT2D eigenvalue weighted by atomic mass is 10.2. The minimum Gasteiger partial charge on any atom is -0.459 e. The zero-order chi connectivity index (χ0) is 12.1. The van der Waals surface area contributed by atoms with Gasteiger partial charge in [0, 0.05) is 0 Å². The lowest BCUT2D eigenvalue weighted by Gasteiger charge is -2.08. The summed E-state index contributed by atoms with van der Waals surface area (Å²) in [5, 5.41) is 17.8. The molecule has 1 atom stereocenters. The van der Waals surface area contributed by atoms with E-state index in [9.17, 15) is 4.79 Å². The van der Waals surface area contributed by atoms with Crippen LogP contribution in [0.15, 0.2) is 18.2 Å². The summed E-state index contributed by atoms with van der Waals surface area (Å²) < 4.78 is 4.73. The van der Waals surface area contributed by atoms with Gasteiger partial charge in [0.2, 0.25) is 0 Å². The second kappa shape index (κ2) is 5.69. The number of rotatable bonds is 4. The van der Waals surface area contributed by atoms with E-state index in [1.54, 1.807) is 0 Å². The zero-order valence-electron chi connectivity index (χ0n) is 8.39. The highest BCUT2D eigenvalue weighted by Gasteiger charge is 2.11. The first kappa shape index (κ1) is 12.8. The molecule has 0 aliphatic rings. The summed E-state index contributed by atoms with van der Waals surface area (Å²) in [5.41, 5.74) is 6.08. The van der Waals surface area contributed by atoms with Gasteiger partial charge in [0.05, 0.1) is 22.9 Å². The predicted molar refractivity (Wildman–Crippen MR) is 59.2 cm³/mol. The number of esters is 1. The second-order valence-corrected chi connectivity index (χ2v) is 3.58. The molecule has 1 aromatic carbocycles. The van der Waals surface area contributed by atoms with E-state index in [1.807, 2.05) is 0 Å². The molecule has 0 aliphatic heterocycles. The predicted octanol–water partition coefficient (Wildman–Crippen LogP) is 0.432. The average molecular weight is 246 g/mol. The summed E-state index contributed by atoms with van der Waals surface area (Å²) in [5.74, 6) is -0.630. The molecule has 0 saturated carbocycles. The number of anilines is 1. The number of ether oxygens (including phenoxy) is 1. The Labute approximate surface area is 97.4 Å². The van der Waals surface area contributed by atoms with Crippen LogP contribution < -0.4 is 5.73 Å². The van der Waals surface area contributed by atoms with E-state index in [0.717, 1.165) is 0 Å². The highest BCUT2D eigenvalue weighted by atomic mass is 35.5. The standard InChI is InChI=1S/C10H12ClNO4/c11-8-3-6(1-2-9(8)12)10(15)16-5-7(14)4-13/h1-3,7,13-14H,4-5,12H2. The highest BCUT2D eigenvalue weighted by molar-refractivity contribution is 6.33. The van der Waals surface area contributed by atoms with Gasteiger partial charge in [-0.3, -0.25) is 0 Å². The van der Waals surface area contributed by atoms with Gasteiger partial charge in [-0.25, -0.2) is 4.79 Å². The third-order valence-electron chi connectivity index (χ3n) is 1.85. The molecule has 88 valence electrons. The van der Waals surface area contributed by atoms with Crippen molar-refractivity contribution in [3.05, 3.63) is 28.8 Å². The molecule has 0 bridgehead atoms. The fourth-order valence-corrected chi connectivity index (χ4v) is 1.14. The minimum atomic E-state index is -1.08. The Morgan fingerprint density at radius 2 is 2.25 bits per heavy atom. The van der Waals surface area contributed by atoms with Crippen molar-refractivity contribution in [2.75, 3.05) is 18.9 Å². The average Bonchev–Trinajstić information content (AvgIpc) is 2.29. The van der Waals surface area contributed by atoms with Crippen molar-refractivity contribution in [3.63, 3.8) is 0 Å². The number of aliphatic hydroxyl groups is 2. The minimum absolute atomic E-state index is 0.240. The first-order valence-electron chi connectivity index (χ1n) is 4.55. The molecule has 16 heavy (non-hydrogen) atoms. The Balaban J connectivity index is 2.63. The Kier molecular flexibility index (Phi) is 4.54. The molecule has 5 nitrogen and oxygen atoms in total. The van der Waals surface area contributed by atoms with Crippen LogP contribution >= 0.6 is 11.6 Å². The molecule has 4 N–H and O–H groups in total. The Bertz CT molecular complexity index is 383. The van der Waals surface area contributed by atoms with Crippen LogP contribution in [-0.4, -0.2) is 35.5 Å². The number of carbonyl (C=O) groups excluding carboxylic acids is 1. The molecule has 6 heteroatoms. The number of hydrogen-bond donors (Lipinski definition) is 3. The lowest BCUT2D eigenvalue weighted by molar-refractivity contribution is 0.00933. The van der Waals surface area contributed by atoms with Crippen LogP contribution in [0.1, 0.15) is 10.4 Å². The molecule has 0 aliphatic carbocycles. The topological polar surface area (TPSA) is 92.8 Å². The molecule has 1 rings (SSSR count). The van der Waals surface area contributed by atoms with Crippen LogP contribution in [0.2, 0.25) is 5.02 Å².